The van der Waals surface area contributed by atoms with Gasteiger partial charge in [-0.1, -0.05) is 4.49 Å². The predicted molar refractivity (Wildman–Crippen MR) is 51.0 cm³/mol. The molecule has 1 rings (SSSR count). The molecule has 1 aromatic heterocycles. The van der Waals surface area contributed by atoms with Gasteiger partial charge in [0.25, 0.3) is 0 Å². The van der Waals surface area contributed by atoms with Crippen molar-refractivity contribution in [1.29, 1.82) is 0 Å². The summed E-state index contributed by atoms with van der Waals surface area (Å²) in [5.41, 5.74) is 16.3. The van der Waals surface area contributed by atoms with Crippen LogP contribution in [0.4, 0.5) is 0 Å². The lowest BCUT2D eigenvalue weighted by Gasteiger charge is -1.92. The average molecular weight is 199 g/mol. The van der Waals surface area contributed by atoms with Crippen LogP contribution in [0.2, 0.25) is 0 Å². The molecule has 0 bridgehead atoms. The zero-order valence-electron chi connectivity index (χ0n) is 6.71. The van der Waals surface area contributed by atoms with Gasteiger partial charge in [0.1, 0.15) is 0 Å². The van der Waals surface area contributed by atoms with Gasteiger partial charge in [-0.3, -0.25) is 0 Å². The first-order valence-electron chi connectivity index (χ1n) is 3.34. The zero-order chi connectivity index (χ0) is 9.68. The van der Waals surface area contributed by atoms with Crippen LogP contribution in [-0.4, -0.2) is 21.5 Å². The van der Waals surface area contributed by atoms with Crippen LogP contribution in [0.3, 0.4) is 0 Å². The minimum Gasteiger partial charge on any atom is -0.370 e. The lowest BCUT2D eigenvalue weighted by molar-refractivity contribution is 0.952. The Morgan fingerprint density at radius 2 is 2.23 bits per heavy atom. The van der Waals surface area contributed by atoms with Crippen LogP contribution in [0.25, 0.3) is 0 Å². The standard InChI is InChI=1S/C5H9N7S/c6-4(7)10-5(8)9-1-3-2-13-12-11-3/h2H,1H2,(H6,6,7,8,9,10). The Balaban J connectivity index is 2.53. The third-order valence-corrected chi connectivity index (χ3v) is 1.61. The van der Waals surface area contributed by atoms with Gasteiger partial charge >= 0.3 is 0 Å². The molecular weight excluding hydrogens is 190 g/mol. The van der Waals surface area contributed by atoms with E-state index in [9.17, 15) is 0 Å². The van der Waals surface area contributed by atoms with Crippen LogP contribution >= 0.6 is 11.5 Å². The van der Waals surface area contributed by atoms with Gasteiger partial charge in [0, 0.05) is 5.38 Å². The van der Waals surface area contributed by atoms with E-state index in [1.54, 1.807) is 5.38 Å². The number of aliphatic imine (C=N–C) groups is 2. The molecule has 0 fully saturated rings. The zero-order valence-corrected chi connectivity index (χ0v) is 7.53. The van der Waals surface area contributed by atoms with Crippen molar-refractivity contribution < 1.29 is 0 Å². The molecule has 6 N–H and O–H groups in total. The summed E-state index contributed by atoms with van der Waals surface area (Å²) in [5, 5.41) is 5.53. The molecule has 0 aliphatic carbocycles. The molecular formula is C5H9N7S. The second-order valence-corrected chi connectivity index (χ2v) is 2.72. The number of hydrogen-bond acceptors (Lipinski definition) is 4. The van der Waals surface area contributed by atoms with Crippen molar-refractivity contribution in [2.45, 2.75) is 6.54 Å². The van der Waals surface area contributed by atoms with E-state index in [-0.39, 0.29) is 11.9 Å². The Bertz CT molecular complexity index is 310. The van der Waals surface area contributed by atoms with Crippen LogP contribution < -0.4 is 17.2 Å². The second-order valence-electron chi connectivity index (χ2n) is 2.11. The maximum atomic E-state index is 5.35. The number of rotatable bonds is 2. The second kappa shape index (κ2) is 4.36. The Labute approximate surface area is 78.5 Å². The largest absolute Gasteiger partial charge is 0.370 e. The average Bonchev–Trinajstić information content (AvgIpc) is 2.51. The van der Waals surface area contributed by atoms with E-state index < -0.39 is 0 Å². The maximum Gasteiger partial charge on any atom is 0.218 e. The van der Waals surface area contributed by atoms with Crippen molar-refractivity contribution in [1.82, 2.24) is 9.59 Å². The maximum absolute atomic E-state index is 5.35. The summed E-state index contributed by atoms with van der Waals surface area (Å²) in [6.07, 6.45) is 0. The Morgan fingerprint density at radius 3 is 2.77 bits per heavy atom. The minimum absolute atomic E-state index is 0.0352. The minimum atomic E-state index is -0.113. The normalized spacial score (nSPS) is 11.2. The summed E-state index contributed by atoms with van der Waals surface area (Å²) in [4.78, 5) is 7.39. The lowest BCUT2D eigenvalue weighted by atomic mass is 10.5. The van der Waals surface area contributed by atoms with Crippen molar-refractivity contribution in [2.75, 3.05) is 0 Å². The number of nitrogens with zero attached hydrogens (tertiary/aromatic N) is 4. The quantitative estimate of drug-likeness (QED) is 0.399. The highest BCUT2D eigenvalue weighted by Crippen LogP contribution is 1.98. The van der Waals surface area contributed by atoms with Gasteiger partial charge in [-0.15, -0.1) is 5.10 Å². The number of hydrogen-bond donors (Lipinski definition) is 3. The van der Waals surface area contributed by atoms with Gasteiger partial charge in [-0.2, -0.15) is 4.99 Å². The van der Waals surface area contributed by atoms with Gasteiger partial charge < -0.3 is 17.2 Å². The summed E-state index contributed by atoms with van der Waals surface area (Å²) in [5.74, 6) is -0.0781. The number of guanidine groups is 2. The molecule has 7 nitrogen and oxygen atoms in total. The van der Waals surface area contributed by atoms with E-state index in [1.807, 2.05) is 0 Å². The van der Waals surface area contributed by atoms with E-state index in [0.29, 0.717) is 6.54 Å². The van der Waals surface area contributed by atoms with Gasteiger partial charge in [0.2, 0.25) is 5.96 Å². The fraction of sp³-hybridized carbons (Fsp3) is 0.200. The molecule has 0 spiro atoms. The number of aromatic nitrogens is 2. The highest BCUT2D eigenvalue weighted by molar-refractivity contribution is 7.03. The third kappa shape index (κ3) is 3.47. The molecule has 8 heteroatoms. The Kier molecular flexibility index (Phi) is 3.15. The van der Waals surface area contributed by atoms with E-state index in [2.05, 4.69) is 19.6 Å². The third-order valence-electron chi connectivity index (χ3n) is 1.05. The topological polar surface area (TPSA) is 129 Å². The molecule has 0 unspecified atom stereocenters. The molecule has 0 aromatic carbocycles. The molecule has 1 aromatic rings. The van der Waals surface area contributed by atoms with E-state index in [1.165, 1.54) is 11.5 Å². The van der Waals surface area contributed by atoms with Crippen molar-refractivity contribution in [2.24, 2.45) is 27.2 Å². The first-order valence-corrected chi connectivity index (χ1v) is 4.17. The van der Waals surface area contributed by atoms with Crippen LogP contribution in [-0.2, 0) is 6.54 Å². The molecule has 70 valence electrons. The number of nitrogens with two attached hydrogens (primary N) is 3. The lowest BCUT2D eigenvalue weighted by Crippen LogP contribution is -2.26. The van der Waals surface area contributed by atoms with Gasteiger partial charge in [-0.25, -0.2) is 4.99 Å². The smallest absolute Gasteiger partial charge is 0.218 e. The van der Waals surface area contributed by atoms with Crippen molar-refractivity contribution >= 4 is 23.5 Å². The van der Waals surface area contributed by atoms with E-state index in [0.717, 1.165) is 5.69 Å². The molecule has 13 heavy (non-hydrogen) atoms. The van der Waals surface area contributed by atoms with Crippen LogP contribution in [0.1, 0.15) is 5.69 Å². The molecule has 0 aliphatic rings. The molecule has 0 amide bonds. The first-order chi connectivity index (χ1) is 6.18. The van der Waals surface area contributed by atoms with Crippen molar-refractivity contribution in [3.63, 3.8) is 0 Å². The molecule has 0 radical (unpaired) electrons. The Morgan fingerprint density at radius 1 is 1.46 bits per heavy atom. The summed E-state index contributed by atoms with van der Waals surface area (Å²) in [6.45, 7) is 0.332. The Hall–Kier alpha value is -1.70. The van der Waals surface area contributed by atoms with Crippen LogP contribution in [0.5, 0.6) is 0 Å². The van der Waals surface area contributed by atoms with Crippen molar-refractivity contribution in [3.05, 3.63) is 11.1 Å². The predicted octanol–water partition coefficient (Wildman–Crippen LogP) is -1.37. The van der Waals surface area contributed by atoms with E-state index >= 15 is 0 Å². The highest BCUT2D eigenvalue weighted by Gasteiger charge is 1.94. The molecule has 0 aliphatic heterocycles. The van der Waals surface area contributed by atoms with Gasteiger partial charge in [0.05, 0.1) is 12.2 Å². The fourth-order valence-electron chi connectivity index (χ4n) is 0.583. The summed E-state index contributed by atoms with van der Waals surface area (Å²) >= 11 is 1.25. The summed E-state index contributed by atoms with van der Waals surface area (Å²) in [7, 11) is 0. The summed E-state index contributed by atoms with van der Waals surface area (Å²) < 4.78 is 3.66. The molecule has 1 heterocycles. The fourth-order valence-corrected chi connectivity index (χ4v) is 1.03. The first kappa shape index (κ1) is 9.39. The monoisotopic (exact) mass is 199 g/mol. The van der Waals surface area contributed by atoms with Gasteiger partial charge in [0.15, 0.2) is 5.96 Å². The highest BCUT2D eigenvalue weighted by atomic mass is 32.1. The molecule has 0 saturated heterocycles. The van der Waals surface area contributed by atoms with Crippen LogP contribution in [0.15, 0.2) is 15.4 Å². The van der Waals surface area contributed by atoms with Gasteiger partial charge in [-0.05, 0) is 11.5 Å². The SMILES string of the molecule is NC(N)=NC(N)=NCc1csnn1. The van der Waals surface area contributed by atoms with Crippen LogP contribution in [0, 0.1) is 0 Å². The summed E-state index contributed by atoms with van der Waals surface area (Å²) in [6, 6.07) is 0. The molecule has 0 saturated carbocycles. The van der Waals surface area contributed by atoms with E-state index in [4.69, 9.17) is 17.2 Å². The van der Waals surface area contributed by atoms with Crippen molar-refractivity contribution in [3.8, 4) is 0 Å². The molecule has 0 atom stereocenters.